The molecule has 7 nitrogen and oxygen atoms in total. The summed E-state index contributed by atoms with van der Waals surface area (Å²) in [5, 5.41) is 15.5. The molecule has 3 rings (SSSR count). The van der Waals surface area contributed by atoms with Crippen LogP contribution < -0.4 is 5.32 Å². The molecule has 106 valence electrons. The zero-order valence-electron chi connectivity index (χ0n) is 11.7. The summed E-state index contributed by atoms with van der Waals surface area (Å²) in [5.74, 6) is -0.0439. The normalized spacial score (nSPS) is 15.6. The maximum Gasteiger partial charge on any atom is 0.190 e. The van der Waals surface area contributed by atoms with Gasteiger partial charge in [0.2, 0.25) is 0 Å². The van der Waals surface area contributed by atoms with Crippen molar-refractivity contribution >= 4 is 5.78 Å². The molecule has 1 aliphatic heterocycles. The molecular formula is C13H18N6O. The van der Waals surface area contributed by atoms with E-state index in [4.69, 9.17) is 0 Å². The van der Waals surface area contributed by atoms with Gasteiger partial charge in [0.05, 0.1) is 24.4 Å². The number of hydrogen-bond acceptors (Lipinski definition) is 5. The fourth-order valence-electron chi connectivity index (χ4n) is 2.06. The Morgan fingerprint density at radius 1 is 1.50 bits per heavy atom. The number of hydrogen-bond donors (Lipinski definition) is 1. The lowest BCUT2D eigenvalue weighted by Crippen LogP contribution is -2.43. The molecule has 0 unspecified atom stereocenters. The Bertz CT molecular complexity index is 610. The third-order valence-electron chi connectivity index (χ3n) is 3.46. The molecule has 0 bridgehead atoms. The van der Waals surface area contributed by atoms with E-state index in [1.807, 2.05) is 16.9 Å². The van der Waals surface area contributed by atoms with Gasteiger partial charge in [0, 0.05) is 25.3 Å². The van der Waals surface area contributed by atoms with Crippen LogP contribution in [0, 0.1) is 0 Å². The monoisotopic (exact) mass is 274 g/mol. The number of nitrogens with one attached hydrogen (secondary N) is 1. The summed E-state index contributed by atoms with van der Waals surface area (Å²) in [6.45, 7) is 5.87. The molecule has 2 aromatic heterocycles. The first-order valence-electron chi connectivity index (χ1n) is 6.83. The highest BCUT2D eigenvalue weighted by molar-refractivity contribution is 5.95. The van der Waals surface area contributed by atoms with E-state index in [-0.39, 0.29) is 12.2 Å². The van der Waals surface area contributed by atoms with Crippen molar-refractivity contribution in [3.63, 3.8) is 0 Å². The molecule has 1 aliphatic rings. The molecule has 0 amide bonds. The van der Waals surface area contributed by atoms with Gasteiger partial charge in [0.1, 0.15) is 5.69 Å². The van der Waals surface area contributed by atoms with Gasteiger partial charge in [-0.15, -0.1) is 5.10 Å². The van der Waals surface area contributed by atoms with Crippen LogP contribution in [0.25, 0.3) is 0 Å². The van der Waals surface area contributed by atoms with Gasteiger partial charge in [0.25, 0.3) is 0 Å². The van der Waals surface area contributed by atoms with Crippen LogP contribution >= 0.6 is 0 Å². The summed E-state index contributed by atoms with van der Waals surface area (Å²) in [4.78, 5) is 12.2. The van der Waals surface area contributed by atoms with Crippen molar-refractivity contribution < 1.29 is 4.79 Å². The van der Waals surface area contributed by atoms with Crippen molar-refractivity contribution in [2.45, 2.75) is 32.4 Å². The van der Waals surface area contributed by atoms with E-state index in [2.05, 4.69) is 34.6 Å². The molecule has 0 atom stereocenters. The van der Waals surface area contributed by atoms with Gasteiger partial charge in [-0.3, -0.25) is 9.48 Å². The molecule has 20 heavy (non-hydrogen) atoms. The first kappa shape index (κ1) is 13.0. The first-order valence-corrected chi connectivity index (χ1v) is 6.83. The van der Waals surface area contributed by atoms with E-state index in [1.165, 1.54) is 0 Å². The molecule has 1 saturated heterocycles. The van der Waals surface area contributed by atoms with E-state index in [1.54, 1.807) is 10.9 Å². The summed E-state index contributed by atoms with van der Waals surface area (Å²) in [6, 6.07) is 2.49. The average molecular weight is 274 g/mol. The first-order chi connectivity index (χ1) is 9.63. The second kappa shape index (κ2) is 5.16. The van der Waals surface area contributed by atoms with Crippen molar-refractivity contribution in [3.8, 4) is 0 Å². The lowest BCUT2D eigenvalue weighted by Gasteiger charge is -2.26. The Hall–Kier alpha value is -2.02. The molecule has 2 aromatic rings. The van der Waals surface area contributed by atoms with Crippen molar-refractivity contribution in [3.05, 3.63) is 29.8 Å². The number of nitrogens with zero attached hydrogens (tertiary/aromatic N) is 5. The van der Waals surface area contributed by atoms with Crippen LogP contribution in [0.5, 0.6) is 0 Å². The van der Waals surface area contributed by atoms with Crippen LogP contribution in [0.4, 0.5) is 0 Å². The summed E-state index contributed by atoms with van der Waals surface area (Å²) in [7, 11) is 0. The Labute approximate surface area is 117 Å². The highest BCUT2D eigenvalue weighted by Crippen LogP contribution is 2.11. The number of carbonyl (C=O) groups excluding carboxylic acids is 1. The zero-order chi connectivity index (χ0) is 14.1. The van der Waals surface area contributed by atoms with Crippen LogP contribution in [0.15, 0.2) is 18.5 Å². The maximum atomic E-state index is 12.2. The van der Waals surface area contributed by atoms with E-state index < -0.39 is 0 Å². The number of carbonyl (C=O) groups is 1. The van der Waals surface area contributed by atoms with Gasteiger partial charge in [-0.25, -0.2) is 4.68 Å². The SMILES string of the molecule is CC(C)n1ccc(CC(=O)c2cn(C3CNC3)nn2)n1. The summed E-state index contributed by atoms with van der Waals surface area (Å²) in [5.41, 5.74) is 1.18. The fraction of sp³-hybridized carbons (Fsp3) is 0.538. The standard InChI is InChI=1S/C13H18N6O/c1-9(2)18-4-3-10(16-18)5-13(20)12-8-19(17-15-12)11-6-14-7-11/h3-4,8-9,11,14H,5-7H2,1-2H3. The molecule has 0 aliphatic carbocycles. The Morgan fingerprint density at radius 3 is 2.90 bits per heavy atom. The molecule has 7 heteroatoms. The number of aromatic nitrogens is 5. The van der Waals surface area contributed by atoms with E-state index >= 15 is 0 Å². The van der Waals surface area contributed by atoms with E-state index in [9.17, 15) is 4.79 Å². The number of Topliss-reactive ketones (excluding diaryl/α,β-unsaturated/α-hetero) is 1. The predicted octanol–water partition coefficient (Wildman–Crippen LogP) is 0.625. The molecule has 0 aromatic carbocycles. The summed E-state index contributed by atoms with van der Waals surface area (Å²) >= 11 is 0. The van der Waals surface area contributed by atoms with Crippen LogP contribution in [-0.2, 0) is 6.42 Å². The Kier molecular flexibility index (Phi) is 3.35. The quantitative estimate of drug-likeness (QED) is 0.809. The highest BCUT2D eigenvalue weighted by atomic mass is 16.1. The minimum absolute atomic E-state index is 0.0439. The van der Waals surface area contributed by atoms with Crippen LogP contribution in [0.1, 0.15) is 42.1 Å². The van der Waals surface area contributed by atoms with Crippen LogP contribution in [-0.4, -0.2) is 43.6 Å². The minimum atomic E-state index is -0.0439. The third-order valence-corrected chi connectivity index (χ3v) is 3.46. The van der Waals surface area contributed by atoms with Gasteiger partial charge in [-0.2, -0.15) is 5.10 Å². The number of rotatable bonds is 5. The van der Waals surface area contributed by atoms with Crippen molar-refractivity contribution in [1.29, 1.82) is 0 Å². The molecule has 1 N–H and O–H groups in total. The van der Waals surface area contributed by atoms with Gasteiger partial charge in [-0.05, 0) is 19.9 Å². The van der Waals surface area contributed by atoms with Crippen molar-refractivity contribution in [1.82, 2.24) is 30.1 Å². The summed E-state index contributed by atoms with van der Waals surface area (Å²) < 4.78 is 3.61. The van der Waals surface area contributed by atoms with Crippen molar-refractivity contribution in [2.75, 3.05) is 13.1 Å². The van der Waals surface area contributed by atoms with Crippen LogP contribution in [0.2, 0.25) is 0 Å². The lowest BCUT2D eigenvalue weighted by atomic mass is 10.1. The second-order valence-corrected chi connectivity index (χ2v) is 5.38. The second-order valence-electron chi connectivity index (χ2n) is 5.38. The largest absolute Gasteiger partial charge is 0.312 e. The molecular weight excluding hydrogens is 256 g/mol. The van der Waals surface area contributed by atoms with E-state index in [0.717, 1.165) is 18.8 Å². The lowest BCUT2D eigenvalue weighted by molar-refractivity contribution is 0.0987. The van der Waals surface area contributed by atoms with Gasteiger partial charge >= 0.3 is 0 Å². The maximum absolute atomic E-state index is 12.2. The van der Waals surface area contributed by atoms with Gasteiger partial charge in [-0.1, -0.05) is 5.21 Å². The van der Waals surface area contributed by atoms with Gasteiger partial charge < -0.3 is 5.32 Å². The molecule has 1 fully saturated rings. The topological polar surface area (TPSA) is 77.6 Å². The van der Waals surface area contributed by atoms with Crippen LogP contribution in [0.3, 0.4) is 0 Å². The summed E-state index contributed by atoms with van der Waals surface area (Å²) in [6.07, 6.45) is 3.89. The van der Waals surface area contributed by atoms with Gasteiger partial charge in [0.15, 0.2) is 5.78 Å². The smallest absolute Gasteiger partial charge is 0.190 e. The zero-order valence-corrected chi connectivity index (χ0v) is 11.7. The molecule has 0 radical (unpaired) electrons. The average Bonchev–Trinajstić information content (AvgIpc) is 2.95. The Morgan fingerprint density at radius 2 is 2.30 bits per heavy atom. The minimum Gasteiger partial charge on any atom is -0.312 e. The molecule has 0 spiro atoms. The fourth-order valence-corrected chi connectivity index (χ4v) is 2.06. The molecule has 0 saturated carbocycles. The molecule has 3 heterocycles. The Balaban J connectivity index is 1.67. The predicted molar refractivity (Wildman–Crippen MR) is 72.6 cm³/mol. The van der Waals surface area contributed by atoms with Crippen molar-refractivity contribution in [2.24, 2.45) is 0 Å². The van der Waals surface area contributed by atoms with E-state index in [0.29, 0.717) is 17.8 Å². The highest BCUT2D eigenvalue weighted by Gasteiger charge is 2.22. The third kappa shape index (κ3) is 2.49. The number of ketones is 1.